The Kier molecular flexibility index (Phi) is 5.28. The van der Waals surface area contributed by atoms with Gasteiger partial charge in [-0.3, -0.25) is 14.5 Å². The lowest BCUT2D eigenvalue weighted by Gasteiger charge is -2.13. The molecular weight excluding hydrogens is 308 g/mol. The van der Waals surface area contributed by atoms with E-state index in [1.54, 1.807) is 12.1 Å². The standard InChI is InChI=1S/C18H20N2O4/c21-16-10-15(11-20-8-4-5-9-20)23-12-17(16)24-13-18(22)19-14-6-2-1-3-7-14/h1-3,6-7,10,12H,4-5,8-9,11,13H2,(H,19,22). The Bertz CT molecular complexity index is 736. The zero-order valence-corrected chi connectivity index (χ0v) is 13.4. The van der Waals surface area contributed by atoms with Gasteiger partial charge in [0.05, 0.1) is 6.54 Å². The van der Waals surface area contributed by atoms with Crippen molar-refractivity contribution in [2.75, 3.05) is 25.0 Å². The molecule has 3 rings (SSSR count). The first-order chi connectivity index (χ1) is 11.7. The highest BCUT2D eigenvalue weighted by Gasteiger charge is 2.14. The number of nitrogens with zero attached hydrogens (tertiary/aromatic N) is 1. The maximum Gasteiger partial charge on any atom is 0.262 e. The second kappa shape index (κ2) is 7.79. The van der Waals surface area contributed by atoms with Crippen LogP contribution in [0.5, 0.6) is 5.75 Å². The van der Waals surface area contributed by atoms with E-state index < -0.39 is 0 Å². The van der Waals surface area contributed by atoms with Crippen LogP contribution in [0.15, 0.2) is 51.9 Å². The molecule has 0 saturated carbocycles. The van der Waals surface area contributed by atoms with Crippen molar-refractivity contribution in [1.82, 2.24) is 4.90 Å². The summed E-state index contributed by atoms with van der Waals surface area (Å²) in [5, 5.41) is 2.69. The molecular formula is C18H20N2O4. The van der Waals surface area contributed by atoms with Gasteiger partial charge in [0.15, 0.2) is 6.61 Å². The molecule has 2 aromatic rings. The van der Waals surface area contributed by atoms with Crippen LogP contribution >= 0.6 is 0 Å². The Balaban J connectivity index is 1.53. The summed E-state index contributed by atoms with van der Waals surface area (Å²) in [5.41, 5.74) is 0.405. The number of anilines is 1. The van der Waals surface area contributed by atoms with Crippen molar-refractivity contribution in [2.24, 2.45) is 0 Å². The molecule has 1 amide bonds. The van der Waals surface area contributed by atoms with Crippen LogP contribution in [0, 0.1) is 0 Å². The van der Waals surface area contributed by atoms with E-state index in [1.165, 1.54) is 25.2 Å². The number of benzene rings is 1. The molecule has 1 aliphatic heterocycles. The molecule has 2 heterocycles. The maximum atomic E-state index is 12.0. The van der Waals surface area contributed by atoms with Crippen LogP contribution in [-0.2, 0) is 11.3 Å². The number of carbonyl (C=O) groups is 1. The zero-order valence-electron chi connectivity index (χ0n) is 13.4. The minimum Gasteiger partial charge on any atom is -0.477 e. The van der Waals surface area contributed by atoms with E-state index in [-0.39, 0.29) is 23.7 Å². The molecule has 0 unspecified atom stereocenters. The highest BCUT2D eigenvalue weighted by Crippen LogP contribution is 2.13. The van der Waals surface area contributed by atoms with Crippen LogP contribution < -0.4 is 15.5 Å². The third kappa shape index (κ3) is 4.45. The van der Waals surface area contributed by atoms with E-state index in [9.17, 15) is 9.59 Å². The Hall–Kier alpha value is -2.60. The van der Waals surface area contributed by atoms with E-state index in [0.717, 1.165) is 13.1 Å². The summed E-state index contributed by atoms with van der Waals surface area (Å²) in [4.78, 5) is 26.1. The van der Waals surface area contributed by atoms with Crippen LogP contribution in [-0.4, -0.2) is 30.5 Å². The van der Waals surface area contributed by atoms with Crippen LogP contribution in [0.1, 0.15) is 18.6 Å². The van der Waals surface area contributed by atoms with Crippen molar-refractivity contribution in [1.29, 1.82) is 0 Å². The molecule has 1 aromatic heterocycles. The molecule has 24 heavy (non-hydrogen) atoms. The van der Waals surface area contributed by atoms with Gasteiger partial charge in [-0.15, -0.1) is 0 Å². The number of amides is 1. The van der Waals surface area contributed by atoms with Crippen molar-refractivity contribution in [3.63, 3.8) is 0 Å². The van der Waals surface area contributed by atoms with E-state index in [2.05, 4.69) is 10.2 Å². The molecule has 0 radical (unpaired) electrons. The van der Waals surface area contributed by atoms with Gasteiger partial charge in [-0.2, -0.15) is 0 Å². The van der Waals surface area contributed by atoms with Crippen molar-refractivity contribution in [3.05, 3.63) is 58.6 Å². The van der Waals surface area contributed by atoms with Gasteiger partial charge in [0.1, 0.15) is 12.0 Å². The lowest BCUT2D eigenvalue weighted by atomic mass is 10.3. The monoisotopic (exact) mass is 328 g/mol. The van der Waals surface area contributed by atoms with E-state index in [4.69, 9.17) is 9.15 Å². The third-order valence-electron chi connectivity index (χ3n) is 3.85. The molecule has 1 N–H and O–H groups in total. The van der Waals surface area contributed by atoms with Gasteiger partial charge in [-0.1, -0.05) is 18.2 Å². The van der Waals surface area contributed by atoms with E-state index in [1.807, 2.05) is 18.2 Å². The fourth-order valence-corrected chi connectivity index (χ4v) is 2.65. The Morgan fingerprint density at radius 2 is 1.96 bits per heavy atom. The summed E-state index contributed by atoms with van der Waals surface area (Å²) < 4.78 is 10.7. The van der Waals surface area contributed by atoms with Crippen molar-refractivity contribution in [2.45, 2.75) is 19.4 Å². The lowest BCUT2D eigenvalue weighted by molar-refractivity contribution is -0.118. The summed E-state index contributed by atoms with van der Waals surface area (Å²) in [5.74, 6) is 0.327. The predicted molar refractivity (Wildman–Crippen MR) is 90.1 cm³/mol. The van der Waals surface area contributed by atoms with E-state index >= 15 is 0 Å². The van der Waals surface area contributed by atoms with Crippen LogP contribution in [0.2, 0.25) is 0 Å². The van der Waals surface area contributed by atoms with Gasteiger partial charge in [0.25, 0.3) is 5.91 Å². The van der Waals surface area contributed by atoms with Gasteiger partial charge in [0, 0.05) is 11.8 Å². The van der Waals surface area contributed by atoms with Crippen molar-refractivity contribution in [3.8, 4) is 5.75 Å². The number of likely N-dealkylation sites (tertiary alicyclic amines) is 1. The number of carbonyl (C=O) groups excluding carboxylic acids is 1. The summed E-state index contributed by atoms with van der Waals surface area (Å²) in [6.07, 6.45) is 3.65. The molecule has 0 atom stereocenters. The third-order valence-corrected chi connectivity index (χ3v) is 3.85. The fourth-order valence-electron chi connectivity index (χ4n) is 2.65. The second-order valence-electron chi connectivity index (χ2n) is 5.76. The Morgan fingerprint density at radius 3 is 2.67 bits per heavy atom. The zero-order chi connectivity index (χ0) is 16.8. The molecule has 1 aromatic carbocycles. The molecule has 0 bridgehead atoms. The number of hydrogen-bond acceptors (Lipinski definition) is 5. The summed E-state index contributed by atoms with van der Waals surface area (Å²) in [7, 11) is 0. The number of nitrogens with one attached hydrogen (secondary N) is 1. The summed E-state index contributed by atoms with van der Waals surface area (Å²) >= 11 is 0. The van der Waals surface area contributed by atoms with Gasteiger partial charge >= 0.3 is 0 Å². The second-order valence-corrected chi connectivity index (χ2v) is 5.76. The minimum atomic E-state index is -0.332. The van der Waals surface area contributed by atoms with Gasteiger partial charge in [0.2, 0.25) is 11.2 Å². The lowest BCUT2D eigenvalue weighted by Crippen LogP contribution is -2.22. The SMILES string of the molecule is O=C(COc1coc(CN2CCCC2)cc1=O)Nc1ccccc1. The van der Waals surface area contributed by atoms with Gasteiger partial charge in [-0.25, -0.2) is 0 Å². The first-order valence-electron chi connectivity index (χ1n) is 8.02. The van der Waals surface area contributed by atoms with Crippen molar-refractivity contribution < 1.29 is 13.9 Å². The average molecular weight is 328 g/mol. The largest absolute Gasteiger partial charge is 0.477 e. The van der Waals surface area contributed by atoms with Crippen LogP contribution in [0.4, 0.5) is 5.69 Å². The number of hydrogen-bond donors (Lipinski definition) is 1. The normalized spacial score (nSPS) is 14.5. The Morgan fingerprint density at radius 1 is 1.21 bits per heavy atom. The molecule has 0 aliphatic carbocycles. The fraction of sp³-hybridized carbons (Fsp3) is 0.333. The maximum absolute atomic E-state index is 12.0. The topological polar surface area (TPSA) is 71.8 Å². The van der Waals surface area contributed by atoms with E-state index in [0.29, 0.717) is 18.0 Å². The number of para-hydroxylation sites is 1. The smallest absolute Gasteiger partial charge is 0.262 e. The molecule has 0 spiro atoms. The molecule has 1 aliphatic rings. The van der Waals surface area contributed by atoms with Crippen molar-refractivity contribution >= 4 is 11.6 Å². The van der Waals surface area contributed by atoms with Gasteiger partial charge in [-0.05, 0) is 38.1 Å². The number of ether oxygens (including phenoxy) is 1. The average Bonchev–Trinajstić information content (AvgIpc) is 3.08. The van der Waals surface area contributed by atoms with Crippen LogP contribution in [0.25, 0.3) is 0 Å². The first kappa shape index (κ1) is 16.3. The minimum absolute atomic E-state index is 0.0448. The number of rotatable bonds is 6. The predicted octanol–water partition coefficient (Wildman–Crippen LogP) is 2.25. The highest BCUT2D eigenvalue weighted by atomic mass is 16.5. The Labute approximate surface area is 140 Å². The molecule has 1 fully saturated rings. The van der Waals surface area contributed by atoms with Gasteiger partial charge < -0.3 is 14.5 Å². The summed E-state index contributed by atoms with van der Waals surface area (Å²) in [6.45, 7) is 2.44. The molecule has 1 saturated heterocycles. The first-order valence-corrected chi connectivity index (χ1v) is 8.02. The molecule has 126 valence electrons. The van der Waals surface area contributed by atoms with Crippen LogP contribution in [0.3, 0.4) is 0 Å². The molecule has 6 nitrogen and oxygen atoms in total. The molecule has 6 heteroatoms. The highest BCUT2D eigenvalue weighted by molar-refractivity contribution is 5.91. The quantitative estimate of drug-likeness (QED) is 0.880. The summed E-state index contributed by atoms with van der Waals surface area (Å²) in [6, 6.07) is 10.5.